The molecule has 2 N–H and O–H groups in total. The van der Waals surface area contributed by atoms with Crippen LogP contribution in [0.3, 0.4) is 0 Å². The molecule has 2 unspecified atom stereocenters. The molecule has 196 valence electrons. The summed E-state index contributed by atoms with van der Waals surface area (Å²) in [5.41, 5.74) is 3.84. The summed E-state index contributed by atoms with van der Waals surface area (Å²) in [5.74, 6) is -0.729. The number of rotatable bonds is 8. The van der Waals surface area contributed by atoms with Crippen molar-refractivity contribution in [3.63, 3.8) is 0 Å². The number of carbonyl (C=O) groups excluding carboxylic acids is 2. The Morgan fingerprint density at radius 3 is 2.35 bits per heavy atom. The number of hydrogen-bond donors (Lipinski definition) is 2. The van der Waals surface area contributed by atoms with Gasteiger partial charge in [0.2, 0.25) is 0 Å². The standard InChI is InChI=1S/C25H26Cl2N4O5S/c1-12(22-13(2)30-31(25(22)34)15-5-6-16(26)17(27)11-15)28-29-24(33)21-8-7-20(37-21)23(32)14-9-18(35-3)19(10-14)36-4/h5-8,11,14,18-19,30H,9-10H2,1-4H3,(H,29,33)/b28-12+. The lowest BCUT2D eigenvalue weighted by molar-refractivity contribution is -0.0157. The number of methoxy groups -OCH3 is 2. The van der Waals surface area contributed by atoms with Crippen LogP contribution in [0.1, 0.15) is 50.4 Å². The number of Topliss-reactive ketones (excluding diaryl/α,β-unsaturated/α-hetero) is 1. The van der Waals surface area contributed by atoms with Crippen LogP contribution < -0.4 is 11.0 Å². The molecule has 1 aromatic carbocycles. The van der Waals surface area contributed by atoms with E-state index in [1.807, 2.05) is 0 Å². The molecule has 0 spiro atoms. The highest BCUT2D eigenvalue weighted by molar-refractivity contribution is 7.16. The van der Waals surface area contributed by atoms with Crippen molar-refractivity contribution in [3.05, 3.63) is 71.7 Å². The third kappa shape index (κ3) is 5.58. The minimum atomic E-state index is -0.475. The fourth-order valence-electron chi connectivity index (χ4n) is 4.49. The number of aryl methyl sites for hydroxylation is 1. The molecule has 12 heteroatoms. The first-order valence-electron chi connectivity index (χ1n) is 11.5. The lowest BCUT2D eigenvalue weighted by Crippen LogP contribution is -2.23. The van der Waals surface area contributed by atoms with Gasteiger partial charge in [0, 0.05) is 25.8 Å². The Kier molecular flexibility index (Phi) is 8.35. The van der Waals surface area contributed by atoms with Crippen molar-refractivity contribution in [2.24, 2.45) is 11.0 Å². The highest BCUT2D eigenvalue weighted by Crippen LogP contribution is 2.34. The topological polar surface area (TPSA) is 115 Å². The molecule has 1 fully saturated rings. The van der Waals surface area contributed by atoms with Gasteiger partial charge < -0.3 is 9.47 Å². The highest BCUT2D eigenvalue weighted by atomic mass is 35.5. The molecule has 3 aromatic rings. The van der Waals surface area contributed by atoms with Gasteiger partial charge >= 0.3 is 0 Å². The molecule has 1 aliphatic rings. The molecule has 0 bridgehead atoms. The van der Waals surface area contributed by atoms with Crippen molar-refractivity contribution < 1.29 is 19.1 Å². The molecule has 2 atom stereocenters. The van der Waals surface area contributed by atoms with Crippen LogP contribution in [-0.2, 0) is 9.47 Å². The summed E-state index contributed by atoms with van der Waals surface area (Å²) in [6.07, 6.45) is 0.897. The third-order valence-corrected chi connectivity index (χ3v) is 8.25. The highest BCUT2D eigenvalue weighted by Gasteiger charge is 2.39. The van der Waals surface area contributed by atoms with E-state index in [2.05, 4.69) is 15.6 Å². The third-order valence-electron chi connectivity index (χ3n) is 6.42. The predicted molar refractivity (Wildman–Crippen MR) is 144 cm³/mol. The second-order valence-electron chi connectivity index (χ2n) is 8.73. The molecule has 4 rings (SSSR count). The van der Waals surface area contributed by atoms with Crippen LogP contribution in [0.25, 0.3) is 5.69 Å². The first-order chi connectivity index (χ1) is 17.6. The van der Waals surface area contributed by atoms with Crippen LogP contribution in [0.4, 0.5) is 0 Å². The first kappa shape index (κ1) is 27.3. The molecule has 2 heterocycles. The molecule has 2 aromatic heterocycles. The summed E-state index contributed by atoms with van der Waals surface area (Å²) in [6, 6.07) is 8.07. The molecule has 0 radical (unpaired) electrons. The number of aromatic amines is 1. The van der Waals surface area contributed by atoms with Gasteiger partial charge in [-0.15, -0.1) is 11.3 Å². The van der Waals surface area contributed by atoms with Gasteiger partial charge in [0.1, 0.15) is 0 Å². The fourth-order valence-corrected chi connectivity index (χ4v) is 5.70. The second-order valence-corrected chi connectivity index (χ2v) is 10.6. The molecule has 9 nitrogen and oxygen atoms in total. The Hall–Kier alpha value is -2.76. The van der Waals surface area contributed by atoms with E-state index in [4.69, 9.17) is 32.7 Å². The quantitative estimate of drug-likeness (QED) is 0.235. The van der Waals surface area contributed by atoms with Crippen molar-refractivity contribution in [3.8, 4) is 5.69 Å². The van der Waals surface area contributed by atoms with E-state index in [0.717, 1.165) is 11.3 Å². The number of aromatic nitrogens is 2. The van der Waals surface area contributed by atoms with E-state index < -0.39 is 5.91 Å². The number of carbonyl (C=O) groups is 2. The molecular formula is C25H26Cl2N4O5S. The van der Waals surface area contributed by atoms with E-state index in [1.165, 1.54) is 4.68 Å². The van der Waals surface area contributed by atoms with Crippen molar-refractivity contribution in [2.75, 3.05) is 14.2 Å². The van der Waals surface area contributed by atoms with Crippen LogP contribution >= 0.6 is 34.5 Å². The number of benzene rings is 1. The summed E-state index contributed by atoms with van der Waals surface area (Å²) in [7, 11) is 3.22. The molecule has 1 amide bonds. The lowest BCUT2D eigenvalue weighted by atomic mass is 10.0. The van der Waals surface area contributed by atoms with Crippen molar-refractivity contribution in [1.82, 2.24) is 15.2 Å². The number of hydrogen-bond acceptors (Lipinski definition) is 7. The number of halogens is 2. The van der Waals surface area contributed by atoms with Gasteiger partial charge in [0.15, 0.2) is 5.78 Å². The molecule has 37 heavy (non-hydrogen) atoms. The number of thiophene rings is 1. The Balaban J connectivity index is 1.47. The van der Waals surface area contributed by atoms with Gasteiger partial charge in [-0.25, -0.2) is 10.1 Å². The van der Waals surface area contributed by atoms with Crippen molar-refractivity contribution >= 4 is 51.9 Å². The Labute approximate surface area is 227 Å². The van der Waals surface area contributed by atoms with Crippen LogP contribution in [0.15, 0.2) is 40.2 Å². The minimum absolute atomic E-state index is 0.0314. The largest absolute Gasteiger partial charge is 0.379 e. The van der Waals surface area contributed by atoms with Gasteiger partial charge in [-0.2, -0.15) is 5.10 Å². The van der Waals surface area contributed by atoms with Gasteiger partial charge in [-0.3, -0.25) is 19.5 Å². The molecule has 0 saturated heterocycles. The number of nitrogens with one attached hydrogen (secondary N) is 2. The number of H-pyrrole nitrogens is 1. The first-order valence-corrected chi connectivity index (χ1v) is 13.0. The fraction of sp³-hybridized carbons (Fsp3) is 0.360. The van der Waals surface area contributed by atoms with Crippen molar-refractivity contribution in [1.29, 1.82) is 0 Å². The molecule has 1 aliphatic carbocycles. The second kappa shape index (κ2) is 11.3. The van der Waals surface area contributed by atoms with E-state index in [9.17, 15) is 14.4 Å². The van der Waals surface area contributed by atoms with Gasteiger partial charge in [-0.1, -0.05) is 23.2 Å². The lowest BCUT2D eigenvalue weighted by Gasteiger charge is -2.15. The van der Waals surface area contributed by atoms with Gasteiger partial charge in [0.25, 0.3) is 11.5 Å². The van der Waals surface area contributed by atoms with Crippen LogP contribution in [0.2, 0.25) is 10.0 Å². The van der Waals surface area contributed by atoms with Gasteiger partial charge in [0.05, 0.1) is 49.0 Å². The SMILES string of the molecule is COC1CC(C(=O)c2ccc(C(=O)N/N=C(\C)c3c(C)[nH]n(-c4ccc(Cl)c(Cl)c4)c3=O)s2)CC1OC. The van der Waals surface area contributed by atoms with E-state index in [1.54, 1.807) is 58.4 Å². The van der Waals surface area contributed by atoms with E-state index in [-0.39, 0.29) is 29.5 Å². The number of amides is 1. The van der Waals surface area contributed by atoms with Gasteiger partial charge in [-0.05, 0) is 57.0 Å². The summed E-state index contributed by atoms with van der Waals surface area (Å²) < 4.78 is 12.2. The zero-order chi connectivity index (χ0) is 26.9. The summed E-state index contributed by atoms with van der Waals surface area (Å²) in [4.78, 5) is 39.6. The monoisotopic (exact) mass is 564 g/mol. The van der Waals surface area contributed by atoms with Crippen LogP contribution in [0.5, 0.6) is 0 Å². The van der Waals surface area contributed by atoms with Crippen LogP contribution in [-0.4, -0.2) is 53.6 Å². The maximum Gasteiger partial charge on any atom is 0.281 e. The smallest absolute Gasteiger partial charge is 0.281 e. The Bertz CT molecular complexity index is 1410. The molecular weight excluding hydrogens is 539 g/mol. The summed E-state index contributed by atoms with van der Waals surface area (Å²) >= 11 is 13.2. The normalized spacial score (nSPS) is 19.8. The number of ketones is 1. The summed E-state index contributed by atoms with van der Waals surface area (Å²) in [5, 5.41) is 7.81. The number of ether oxygens (including phenoxy) is 2. The molecule has 0 aliphatic heterocycles. The zero-order valence-electron chi connectivity index (χ0n) is 20.6. The summed E-state index contributed by atoms with van der Waals surface area (Å²) in [6.45, 7) is 3.35. The van der Waals surface area contributed by atoms with E-state index in [0.29, 0.717) is 55.3 Å². The number of nitrogens with zero attached hydrogens (tertiary/aromatic N) is 2. The van der Waals surface area contributed by atoms with Crippen molar-refractivity contribution in [2.45, 2.75) is 38.9 Å². The average Bonchev–Trinajstić information content (AvgIpc) is 3.60. The van der Waals surface area contributed by atoms with Crippen LogP contribution in [0, 0.1) is 12.8 Å². The number of hydrazone groups is 1. The predicted octanol–water partition coefficient (Wildman–Crippen LogP) is 4.62. The Morgan fingerprint density at radius 2 is 1.73 bits per heavy atom. The average molecular weight is 565 g/mol. The Morgan fingerprint density at radius 1 is 1.08 bits per heavy atom. The zero-order valence-corrected chi connectivity index (χ0v) is 23.0. The molecule has 1 saturated carbocycles. The van der Waals surface area contributed by atoms with E-state index >= 15 is 0 Å². The maximum absolute atomic E-state index is 13.0. The minimum Gasteiger partial charge on any atom is -0.379 e. The maximum atomic E-state index is 13.0.